The van der Waals surface area contributed by atoms with Gasteiger partial charge in [-0.2, -0.15) is 0 Å². The molecule has 1 fully saturated rings. The van der Waals surface area contributed by atoms with Gasteiger partial charge in [0.25, 0.3) is 0 Å². The number of rotatable bonds is 25. The number of aryl methyl sites for hydroxylation is 1. The molecule has 294 valence electrons. The highest BCUT2D eigenvalue weighted by Gasteiger charge is 2.44. The van der Waals surface area contributed by atoms with Crippen LogP contribution in [0.3, 0.4) is 0 Å². The van der Waals surface area contributed by atoms with Crippen LogP contribution < -0.4 is 10.6 Å². The molecular formula is C38H59N7O7S. The Kier molecular flexibility index (Phi) is 19.8. The maximum Gasteiger partial charge on any atom is 0.246 e. The van der Waals surface area contributed by atoms with Crippen LogP contribution in [0.15, 0.2) is 34.9 Å². The molecule has 2 aromatic rings. The summed E-state index contributed by atoms with van der Waals surface area (Å²) in [7, 11) is 0. The molecular weight excluding hydrogens is 699 g/mol. The van der Waals surface area contributed by atoms with Crippen LogP contribution in [0.25, 0.3) is 20.9 Å². The van der Waals surface area contributed by atoms with E-state index in [1.807, 2.05) is 57.5 Å². The summed E-state index contributed by atoms with van der Waals surface area (Å²) in [5, 5.41) is 19.9. The topological polar surface area (TPSA) is 188 Å². The maximum absolute atomic E-state index is 13.9. The van der Waals surface area contributed by atoms with Crippen molar-refractivity contribution in [1.82, 2.24) is 20.5 Å². The van der Waals surface area contributed by atoms with E-state index < -0.39 is 23.6 Å². The van der Waals surface area contributed by atoms with Crippen molar-refractivity contribution < 1.29 is 33.7 Å². The van der Waals surface area contributed by atoms with Crippen LogP contribution in [0.2, 0.25) is 0 Å². The average Bonchev–Trinajstić information content (AvgIpc) is 3.75. The van der Waals surface area contributed by atoms with Crippen LogP contribution in [0.5, 0.6) is 0 Å². The zero-order chi connectivity index (χ0) is 38.5. The first-order valence-electron chi connectivity index (χ1n) is 18.8. The Bertz CT molecular complexity index is 1440. The predicted octanol–water partition coefficient (Wildman–Crippen LogP) is 5.71. The largest absolute Gasteiger partial charge is 0.391 e. The average molecular weight is 758 g/mol. The maximum atomic E-state index is 13.9. The van der Waals surface area contributed by atoms with E-state index in [1.165, 1.54) is 4.90 Å². The molecule has 15 heteroatoms. The standard InChI is InChI=1S/C38H59N7O7S/c1-28-34(53-27-41-28)30-15-13-29(14-16-30)25-40-36(48)32-24-31(46)26-45(32)37(49)35(38(2,3)4)43-33(47)12-8-7-11-19-51-21-23-52-22-20-50-18-10-6-5-9-17-42-44-39/h13-16,27,31-32,35,46H,5-12,17-26H2,1-4H3,(H,40,48)(H,43,47)/t31-,32+,35-/m1/s1. The van der Waals surface area contributed by atoms with E-state index in [2.05, 4.69) is 25.6 Å². The quantitative estimate of drug-likeness (QED) is 0.0497. The number of unbranched alkanes of at least 4 members (excludes halogenated alkanes) is 5. The second-order valence-corrected chi connectivity index (χ2v) is 15.3. The van der Waals surface area contributed by atoms with Crippen LogP contribution in [0.4, 0.5) is 0 Å². The number of amides is 3. The first-order valence-corrected chi connectivity index (χ1v) is 19.7. The minimum absolute atomic E-state index is 0.0320. The molecule has 2 heterocycles. The van der Waals surface area contributed by atoms with Gasteiger partial charge in [0.05, 0.1) is 48.6 Å². The van der Waals surface area contributed by atoms with Gasteiger partial charge in [-0.1, -0.05) is 69.4 Å². The molecule has 1 aromatic carbocycles. The third-order valence-corrected chi connectivity index (χ3v) is 9.99. The Morgan fingerprint density at radius 3 is 2.21 bits per heavy atom. The molecule has 1 aliphatic rings. The monoisotopic (exact) mass is 757 g/mol. The predicted molar refractivity (Wildman–Crippen MR) is 205 cm³/mol. The van der Waals surface area contributed by atoms with Gasteiger partial charge in [0.1, 0.15) is 12.1 Å². The molecule has 3 amide bonds. The Morgan fingerprint density at radius 1 is 0.981 bits per heavy atom. The van der Waals surface area contributed by atoms with E-state index in [4.69, 9.17) is 19.7 Å². The summed E-state index contributed by atoms with van der Waals surface area (Å²) in [5.74, 6) is -0.930. The number of benzene rings is 1. The lowest BCUT2D eigenvalue weighted by molar-refractivity contribution is -0.144. The Labute approximate surface area is 318 Å². The lowest BCUT2D eigenvalue weighted by atomic mass is 9.85. The molecule has 1 aliphatic heterocycles. The SMILES string of the molecule is Cc1ncsc1-c1ccc(CNC(=O)[C@@H]2C[C@@H](O)CN2C(=O)[C@@H](NC(=O)CCCCCOCCOCCOCCCCCCN=[N+]=[N-])C(C)(C)C)cc1. The molecule has 1 aromatic heterocycles. The van der Waals surface area contributed by atoms with Gasteiger partial charge in [-0.15, -0.1) is 11.3 Å². The van der Waals surface area contributed by atoms with Crippen LogP contribution >= 0.6 is 11.3 Å². The Balaban J connectivity index is 1.30. The number of β-amino-alcohol motifs (C(OH)–C–C–N with tert-alkyl or cyclic N) is 1. The fourth-order valence-electron chi connectivity index (χ4n) is 6.01. The van der Waals surface area contributed by atoms with E-state index in [9.17, 15) is 19.5 Å². The minimum Gasteiger partial charge on any atom is -0.391 e. The molecule has 0 saturated carbocycles. The lowest BCUT2D eigenvalue weighted by Crippen LogP contribution is -2.57. The second-order valence-electron chi connectivity index (χ2n) is 14.5. The van der Waals surface area contributed by atoms with Crippen molar-refractivity contribution in [3.8, 4) is 10.4 Å². The number of nitrogens with zero attached hydrogens (tertiary/aromatic N) is 5. The molecule has 0 bridgehead atoms. The highest BCUT2D eigenvalue weighted by Crippen LogP contribution is 2.28. The van der Waals surface area contributed by atoms with Gasteiger partial charge in [-0.25, -0.2) is 4.98 Å². The molecule has 3 atom stereocenters. The molecule has 53 heavy (non-hydrogen) atoms. The van der Waals surface area contributed by atoms with Crippen molar-refractivity contribution in [2.45, 2.75) is 110 Å². The van der Waals surface area contributed by atoms with Gasteiger partial charge in [0, 0.05) is 50.6 Å². The van der Waals surface area contributed by atoms with Crippen molar-refractivity contribution >= 4 is 29.1 Å². The second kappa shape index (κ2) is 23.9. The fourth-order valence-corrected chi connectivity index (χ4v) is 6.82. The van der Waals surface area contributed by atoms with Gasteiger partial charge >= 0.3 is 0 Å². The fraction of sp³-hybridized carbons (Fsp3) is 0.684. The van der Waals surface area contributed by atoms with Crippen LogP contribution in [-0.4, -0.2) is 104 Å². The third-order valence-electron chi connectivity index (χ3n) is 9.01. The van der Waals surface area contributed by atoms with E-state index in [0.29, 0.717) is 52.6 Å². The summed E-state index contributed by atoms with van der Waals surface area (Å²) in [6.07, 6.45) is 5.81. The van der Waals surface area contributed by atoms with Crippen molar-refractivity contribution in [2.24, 2.45) is 10.5 Å². The third kappa shape index (κ3) is 16.1. The number of thiazole rings is 1. The summed E-state index contributed by atoms with van der Waals surface area (Å²) in [6, 6.07) is 6.23. The van der Waals surface area contributed by atoms with Gasteiger partial charge in [0.2, 0.25) is 17.7 Å². The number of carbonyl (C=O) groups excluding carboxylic acids is 3. The first-order chi connectivity index (χ1) is 25.5. The highest BCUT2D eigenvalue weighted by molar-refractivity contribution is 7.13. The number of likely N-dealkylation sites (tertiary alicyclic amines) is 1. The summed E-state index contributed by atoms with van der Waals surface area (Å²) in [6.45, 7) is 11.8. The number of aliphatic hydroxyl groups excluding tert-OH is 1. The van der Waals surface area contributed by atoms with E-state index in [1.54, 1.807) is 11.3 Å². The summed E-state index contributed by atoms with van der Waals surface area (Å²) < 4.78 is 16.7. The molecule has 0 radical (unpaired) electrons. The van der Waals surface area contributed by atoms with Crippen molar-refractivity contribution in [1.29, 1.82) is 0 Å². The number of aliphatic hydroxyl groups is 1. The van der Waals surface area contributed by atoms with Crippen LogP contribution in [0.1, 0.15) is 89.8 Å². The Morgan fingerprint density at radius 2 is 1.60 bits per heavy atom. The van der Waals surface area contributed by atoms with Gasteiger partial charge in [-0.05, 0) is 54.7 Å². The van der Waals surface area contributed by atoms with Crippen molar-refractivity contribution in [2.75, 3.05) is 52.7 Å². The number of ether oxygens (including phenoxy) is 3. The molecule has 0 spiro atoms. The normalized spacial score (nSPS) is 16.3. The van der Waals surface area contributed by atoms with Gasteiger partial charge in [0.15, 0.2) is 0 Å². The summed E-state index contributed by atoms with van der Waals surface area (Å²) in [4.78, 5) is 49.7. The van der Waals surface area contributed by atoms with Crippen molar-refractivity contribution in [3.63, 3.8) is 0 Å². The lowest BCUT2D eigenvalue weighted by Gasteiger charge is -2.35. The number of aromatic nitrogens is 1. The Hall–Kier alpha value is -3.59. The number of hydrogen-bond donors (Lipinski definition) is 3. The molecule has 14 nitrogen and oxygen atoms in total. The van der Waals surface area contributed by atoms with Gasteiger partial charge < -0.3 is 34.9 Å². The molecule has 3 rings (SSSR count). The molecule has 0 unspecified atom stereocenters. The zero-order valence-corrected chi connectivity index (χ0v) is 32.7. The number of carbonyl (C=O) groups is 3. The number of hydrogen-bond acceptors (Lipinski definition) is 10. The summed E-state index contributed by atoms with van der Waals surface area (Å²) >= 11 is 1.58. The minimum atomic E-state index is -0.853. The van der Waals surface area contributed by atoms with Crippen molar-refractivity contribution in [3.05, 3.63) is 51.5 Å². The summed E-state index contributed by atoms with van der Waals surface area (Å²) in [5.41, 5.74) is 12.4. The number of azide groups is 1. The smallest absolute Gasteiger partial charge is 0.246 e. The highest BCUT2D eigenvalue weighted by atomic mass is 32.1. The van der Waals surface area contributed by atoms with E-state index in [0.717, 1.165) is 60.2 Å². The number of nitrogens with one attached hydrogen (secondary N) is 2. The van der Waals surface area contributed by atoms with E-state index >= 15 is 0 Å². The molecule has 3 N–H and O–H groups in total. The van der Waals surface area contributed by atoms with Crippen LogP contribution in [-0.2, 0) is 35.1 Å². The molecule has 1 saturated heterocycles. The zero-order valence-electron chi connectivity index (χ0n) is 31.9. The molecule has 0 aliphatic carbocycles. The van der Waals surface area contributed by atoms with E-state index in [-0.39, 0.29) is 43.7 Å². The first kappa shape index (κ1) is 43.8. The van der Waals surface area contributed by atoms with Gasteiger partial charge in [-0.3, -0.25) is 14.4 Å². The van der Waals surface area contributed by atoms with Crippen LogP contribution in [0, 0.1) is 12.3 Å².